The summed E-state index contributed by atoms with van der Waals surface area (Å²) in [5.41, 5.74) is 2.61. The minimum Gasteiger partial charge on any atom is -0.495 e. The van der Waals surface area contributed by atoms with Crippen molar-refractivity contribution in [2.24, 2.45) is 0 Å². The van der Waals surface area contributed by atoms with E-state index in [9.17, 15) is 9.59 Å². The van der Waals surface area contributed by atoms with E-state index in [-0.39, 0.29) is 11.5 Å². The molecule has 2 heterocycles. The Kier molecular flexibility index (Phi) is 6.14. The summed E-state index contributed by atoms with van der Waals surface area (Å²) in [6.45, 7) is 3.43. The Morgan fingerprint density at radius 1 is 1.09 bits per heavy atom. The molecule has 0 atom stereocenters. The second kappa shape index (κ2) is 9.17. The molecule has 2 aromatic heterocycles. The molecule has 0 aliphatic carbocycles. The largest absolute Gasteiger partial charge is 0.495 e. The second-order valence-electron chi connectivity index (χ2n) is 7.22. The zero-order valence-electron chi connectivity index (χ0n) is 18.1. The molecule has 0 saturated carbocycles. The minimum atomic E-state index is -0.553. The topological polar surface area (TPSA) is 114 Å². The average Bonchev–Trinajstić information content (AvgIpc) is 3.21. The number of benzene rings is 2. The van der Waals surface area contributed by atoms with Crippen molar-refractivity contribution >= 4 is 29.1 Å². The molecule has 0 radical (unpaired) electrons. The number of nitrogens with zero attached hydrogens (tertiary/aromatic N) is 3. The molecule has 0 unspecified atom stereocenters. The number of aromatic amines is 1. The van der Waals surface area contributed by atoms with Gasteiger partial charge >= 0.3 is 6.03 Å². The summed E-state index contributed by atoms with van der Waals surface area (Å²) in [4.78, 5) is 32.3. The van der Waals surface area contributed by atoms with Crippen LogP contribution in [0.5, 0.6) is 5.75 Å². The number of carbonyl (C=O) groups is 1. The van der Waals surface area contributed by atoms with E-state index in [0.717, 1.165) is 5.56 Å². The van der Waals surface area contributed by atoms with Crippen LogP contribution in [-0.4, -0.2) is 32.9 Å². The molecule has 2 amide bonds. The van der Waals surface area contributed by atoms with E-state index >= 15 is 0 Å². The maximum atomic E-state index is 12.8. The second-order valence-corrected chi connectivity index (χ2v) is 7.65. The Hall–Kier alpha value is -4.11. The van der Waals surface area contributed by atoms with Gasteiger partial charge in [0.15, 0.2) is 0 Å². The number of hydrogen-bond donors (Lipinski definition) is 3. The Labute approximate surface area is 194 Å². The van der Waals surface area contributed by atoms with E-state index in [1.54, 1.807) is 38.1 Å². The van der Waals surface area contributed by atoms with Gasteiger partial charge in [-0.25, -0.2) is 9.78 Å². The Balaban J connectivity index is 1.72. The Bertz CT molecular complexity index is 1380. The van der Waals surface area contributed by atoms with Gasteiger partial charge in [0.2, 0.25) is 5.95 Å². The van der Waals surface area contributed by atoms with Gasteiger partial charge in [0.25, 0.3) is 5.56 Å². The highest BCUT2D eigenvalue weighted by Crippen LogP contribution is 2.28. The smallest absolute Gasteiger partial charge is 0.324 e. The number of hydrogen-bond acceptors (Lipinski definition) is 5. The molecule has 9 nitrogen and oxygen atoms in total. The number of amides is 2. The zero-order valence-corrected chi connectivity index (χ0v) is 18.9. The summed E-state index contributed by atoms with van der Waals surface area (Å²) in [5.74, 6) is 0.938. The number of halogens is 1. The molecule has 3 N–H and O–H groups in total. The van der Waals surface area contributed by atoms with Gasteiger partial charge in [-0.2, -0.15) is 9.78 Å². The van der Waals surface area contributed by atoms with Crippen molar-refractivity contribution in [3.63, 3.8) is 0 Å². The van der Waals surface area contributed by atoms with E-state index in [2.05, 4.69) is 25.7 Å². The summed E-state index contributed by atoms with van der Waals surface area (Å²) in [6, 6.07) is 15.5. The van der Waals surface area contributed by atoms with Crippen LogP contribution in [0.2, 0.25) is 5.02 Å². The molecule has 0 saturated heterocycles. The van der Waals surface area contributed by atoms with Crippen LogP contribution >= 0.6 is 11.6 Å². The third-order valence-corrected chi connectivity index (χ3v) is 5.25. The van der Waals surface area contributed by atoms with Gasteiger partial charge in [0.05, 0.1) is 18.5 Å². The van der Waals surface area contributed by atoms with E-state index in [0.29, 0.717) is 39.2 Å². The van der Waals surface area contributed by atoms with Crippen LogP contribution in [0.15, 0.2) is 59.4 Å². The number of nitrogens with one attached hydrogen (secondary N) is 3. The first-order valence-electron chi connectivity index (χ1n) is 10.0. The van der Waals surface area contributed by atoms with Crippen LogP contribution in [0.1, 0.15) is 11.3 Å². The van der Waals surface area contributed by atoms with Gasteiger partial charge in [-0.05, 0) is 32.0 Å². The molecule has 0 aliphatic rings. The normalized spacial score (nSPS) is 10.7. The van der Waals surface area contributed by atoms with Crippen LogP contribution in [-0.2, 0) is 0 Å². The quantitative estimate of drug-likeness (QED) is 0.401. The van der Waals surface area contributed by atoms with Crippen molar-refractivity contribution in [3.05, 3.63) is 81.2 Å². The average molecular weight is 465 g/mol. The van der Waals surface area contributed by atoms with Crippen molar-refractivity contribution in [1.82, 2.24) is 19.7 Å². The highest BCUT2D eigenvalue weighted by atomic mass is 35.5. The summed E-state index contributed by atoms with van der Waals surface area (Å²) < 4.78 is 6.66. The van der Waals surface area contributed by atoms with Gasteiger partial charge in [-0.1, -0.05) is 41.9 Å². The summed E-state index contributed by atoms with van der Waals surface area (Å²) >= 11 is 6.05. The van der Waals surface area contributed by atoms with Crippen LogP contribution < -0.4 is 20.9 Å². The first-order chi connectivity index (χ1) is 15.9. The first kappa shape index (κ1) is 22.1. The molecule has 33 heavy (non-hydrogen) atoms. The molecule has 0 fully saturated rings. The van der Waals surface area contributed by atoms with Crippen molar-refractivity contribution in [2.45, 2.75) is 13.8 Å². The lowest BCUT2D eigenvalue weighted by atomic mass is 10.2. The van der Waals surface area contributed by atoms with E-state index < -0.39 is 6.03 Å². The highest BCUT2D eigenvalue weighted by molar-refractivity contribution is 6.31. The predicted molar refractivity (Wildman–Crippen MR) is 128 cm³/mol. The Morgan fingerprint density at radius 3 is 2.55 bits per heavy atom. The first-order valence-corrected chi connectivity index (χ1v) is 10.4. The van der Waals surface area contributed by atoms with Crippen molar-refractivity contribution in [1.29, 1.82) is 0 Å². The number of H-pyrrole nitrogens is 1. The van der Waals surface area contributed by atoms with Gasteiger partial charge < -0.3 is 10.1 Å². The van der Waals surface area contributed by atoms with Gasteiger partial charge in [0.1, 0.15) is 11.6 Å². The summed E-state index contributed by atoms with van der Waals surface area (Å²) in [5, 5.41) is 10.5. The van der Waals surface area contributed by atoms with Gasteiger partial charge in [-0.15, -0.1) is 0 Å². The number of ether oxygens (including phenoxy) is 1. The molecule has 0 aliphatic heterocycles. The Morgan fingerprint density at radius 2 is 1.85 bits per heavy atom. The van der Waals surface area contributed by atoms with Crippen LogP contribution in [0, 0.1) is 13.8 Å². The van der Waals surface area contributed by atoms with Crippen LogP contribution in [0.25, 0.3) is 17.2 Å². The van der Waals surface area contributed by atoms with Crippen molar-refractivity contribution < 1.29 is 9.53 Å². The zero-order chi connectivity index (χ0) is 23.5. The molecular formula is C23H21ClN6O3. The van der Waals surface area contributed by atoms with Gasteiger partial charge in [0, 0.05) is 27.9 Å². The molecule has 4 rings (SSSR count). The monoisotopic (exact) mass is 464 g/mol. The maximum Gasteiger partial charge on any atom is 0.324 e. The van der Waals surface area contributed by atoms with Crippen LogP contribution in [0.3, 0.4) is 0 Å². The summed E-state index contributed by atoms with van der Waals surface area (Å²) in [6.07, 6.45) is 0. The predicted octanol–water partition coefficient (Wildman–Crippen LogP) is 4.55. The molecule has 0 spiro atoms. The SMILES string of the molecule is COc1ccc(Cl)cc1NC(=O)Nc1cc(-c2ccccc2)nn1-c1nc(C)c(C)c(=O)[nH]1. The summed E-state index contributed by atoms with van der Waals surface area (Å²) in [7, 11) is 1.50. The number of methoxy groups -OCH3 is 1. The lowest BCUT2D eigenvalue weighted by Gasteiger charge is -2.12. The van der Waals surface area contributed by atoms with E-state index in [1.807, 2.05) is 30.3 Å². The van der Waals surface area contributed by atoms with Gasteiger partial charge in [-0.3, -0.25) is 15.1 Å². The number of aromatic nitrogens is 4. The number of urea groups is 1. The number of rotatable bonds is 5. The minimum absolute atomic E-state index is 0.181. The fourth-order valence-electron chi connectivity index (χ4n) is 3.16. The van der Waals surface area contributed by atoms with E-state index in [1.165, 1.54) is 11.8 Å². The van der Waals surface area contributed by atoms with Crippen molar-refractivity contribution in [3.8, 4) is 23.0 Å². The lowest BCUT2D eigenvalue weighted by Crippen LogP contribution is -2.23. The number of carbonyl (C=O) groups excluding carboxylic acids is 1. The standard InChI is InChI=1S/C23H21ClN6O3/c1-13-14(2)25-22(28-21(13)31)30-20(12-17(29-30)15-7-5-4-6-8-15)27-23(32)26-18-11-16(24)9-10-19(18)33-3/h4-12H,1-3H3,(H,25,28,31)(H2,26,27,32). The highest BCUT2D eigenvalue weighted by Gasteiger charge is 2.17. The lowest BCUT2D eigenvalue weighted by molar-refractivity contribution is 0.262. The molecule has 4 aromatic rings. The molecule has 10 heteroatoms. The third-order valence-electron chi connectivity index (χ3n) is 5.01. The maximum absolute atomic E-state index is 12.8. The molecule has 2 aromatic carbocycles. The fourth-order valence-corrected chi connectivity index (χ4v) is 3.33. The molecular weight excluding hydrogens is 444 g/mol. The fraction of sp³-hybridized carbons (Fsp3) is 0.130. The third kappa shape index (κ3) is 4.73. The van der Waals surface area contributed by atoms with Crippen LogP contribution in [0.4, 0.5) is 16.3 Å². The van der Waals surface area contributed by atoms with E-state index in [4.69, 9.17) is 16.3 Å². The number of anilines is 2. The molecule has 0 bridgehead atoms. The number of aryl methyl sites for hydroxylation is 1. The molecule has 168 valence electrons. The van der Waals surface area contributed by atoms with Crippen molar-refractivity contribution in [2.75, 3.05) is 17.7 Å².